The minimum atomic E-state index is -0.174. The first-order chi connectivity index (χ1) is 9.12. The molecule has 0 amide bonds. The molecule has 1 unspecified atom stereocenters. The van der Waals surface area contributed by atoms with Crippen molar-refractivity contribution in [3.63, 3.8) is 0 Å². The Kier molecular flexibility index (Phi) is 7.03. The molecule has 1 atom stereocenters. The van der Waals surface area contributed by atoms with E-state index in [0.29, 0.717) is 12.6 Å². The molecule has 0 saturated carbocycles. The summed E-state index contributed by atoms with van der Waals surface area (Å²) >= 11 is 0. The van der Waals surface area contributed by atoms with Crippen LogP contribution in [0.25, 0.3) is 0 Å². The zero-order valence-corrected chi connectivity index (χ0v) is 12.5. The van der Waals surface area contributed by atoms with Crippen molar-refractivity contribution in [2.24, 2.45) is 5.73 Å². The van der Waals surface area contributed by atoms with Crippen molar-refractivity contribution in [2.75, 3.05) is 6.54 Å². The van der Waals surface area contributed by atoms with Crippen LogP contribution in [-0.2, 0) is 13.1 Å². The molecule has 0 saturated heterocycles. The van der Waals surface area contributed by atoms with E-state index in [0.717, 1.165) is 30.6 Å². The molecule has 0 fully saturated rings. The maximum atomic E-state index is 13.4. The van der Waals surface area contributed by atoms with Crippen LogP contribution in [0, 0.1) is 5.82 Å². The Hall–Kier alpha value is -0.930. The van der Waals surface area contributed by atoms with Crippen LogP contribution in [0.5, 0.6) is 0 Å². The zero-order valence-electron chi connectivity index (χ0n) is 12.5. The van der Waals surface area contributed by atoms with Gasteiger partial charge in [-0.2, -0.15) is 0 Å². The highest BCUT2D eigenvalue weighted by Gasteiger charge is 2.14. The van der Waals surface area contributed by atoms with Gasteiger partial charge in [0.2, 0.25) is 0 Å². The number of nitrogens with two attached hydrogens (primary N) is 1. The molecule has 3 heteroatoms. The smallest absolute Gasteiger partial charge is 0.123 e. The highest BCUT2D eigenvalue weighted by atomic mass is 19.1. The maximum absolute atomic E-state index is 13.4. The van der Waals surface area contributed by atoms with Crippen molar-refractivity contribution in [1.82, 2.24) is 4.90 Å². The van der Waals surface area contributed by atoms with E-state index in [2.05, 4.69) is 25.7 Å². The number of benzene rings is 1. The number of rotatable bonds is 8. The Labute approximate surface area is 116 Å². The van der Waals surface area contributed by atoms with Gasteiger partial charge in [-0.15, -0.1) is 0 Å². The summed E-state index contributed by atoms with van der Waals surface area (Å²) in [6.45, 7) is 8.95. The van der Waals surface area contributed by atoms with E-state index in [1.165, 1.54) is 18.9 Å². The average Bonchev–Trinajstić information content (AvgIpc) is 2.42. The largest absolute Gasteiger partial charge is 0.326 e. The Balaban J connectivity index is 2.85. The number of hydrogen-bond donors (Lipinski definition) is 1. The van der Waals surface area contributed by atoms with Gasteiger partial charge in [0.25, 0.3) is 0 Å². The molecule has 108 valence electrons. The van der Waals surface area contributed by atoms with Crippen molar-refractivity contribution in [1.29, 1.82) is 0 Å². The second-order valence-electron chi connectivity index (χ2n) is 5.20. The molecule has 0 aliphatic rings. The van der Waals surface area contributed by atoms with E-state index in [9.17, 15) is 4.39 Å². The number of halogens is 1. The molecule has 0 aromatic heterocycles. The lowest BCUT2D eigenvalue weighted by molar-refractivity contribution is 0.191. The Morgan fingerprint density at radius 3 is 2.58 bits per heavy atom. The molecule has 0 heterocycles. The van der Waals surface area contributed by atoms with E-state index in [4.69, 9.17) is 5.73 Å². The lowest BCUT2D eigenvalue weighted by Gasteiger charge is -2.29. The first-order valence-corrected chi connectivity index (χ1v) is 7.33. The summed E-state index contributed by atoms with van der Waals surface area (Å²) in [5.41, 5.74) is 7.82. The lowest BCUT2D eigenvalue weighted by Crippen LogP contribution is -2.33. The number of hydrogen-bond acceptors (Lipinski definition) is 2. The first kappa shape index (κ1) is 16.1. The fraction of sp³-hybridized carbons (Fsp3) is 0.625. The maximum Gasteiger partial charge on any atom is 0.123 e. The average molecular weight is 266 g/mol. The highest BCUT2D eigenvalue weighted by Crippen LogP contribution is 2.17. The molecule has 1 rings (SSSR count). The second-order valence-corrected chi connectivity index (χ2v) is 5.20. The molecule has 2 nitrogen and oxygen atoms in total. The van der Waals surface area contributed by atoms with Crippen molar-refractivity contribution >= 4 is 0 Å². The number of unbranched alkanes of at least 4 members (excludes halogenated alkanes) is 1. The van der Waals surface area contributed by atoms with Gasteiger partial charge in [0, 0.05) is 19.1 Å². The third-order valence-corrected chi connectivity index (χ3v) is 3.77. The number of nitrogens with zero attached hydrogens (tertiary/aromatic N) is 1. The van der Waals surface area contributed by atoms with Gasteiger partial charge < -0.3 is 5.73 Å². The standard InChI is InChI=1S/C16H27FN2/c1-4-6-9-19(13(3)5-2)12-15-10-16(17)8-7-14(15)11-18/h7-8,10,13H,4-6,9,11-12,18H2,1-3H3. The molecule has 0 aliphatic carbocycles. The van der Waals surface area contributed by atoms with Gasteiger partial charge in [0.15, 0.2) is 0 Å². The summed E-state index contributed by atoms with van der Waals surface area (Å²) in [4.78, 5) is 2.43. The third kappa shape index (κ3) is 4.92. The minimum Gasteiger partial charge on any atom is -0.326 e. The molecule has 1 aromatic carbocycles. The Morgan fingerprint density at radius 1 is 1.26 bits per heavy atom. The summed E-state index contributed by atoms with van der Waals surface area (Å²) in [5.74, 6) is -0.174. The molecule has 1 aromatic rings. The summed E-state index contributed by atoms with van der Waals surface area (Å²) in [6, 6.07) is 5.44. The van der Waals surface area contributed by atoms with E-state index >= 15 is 0 Å². The van der Waals surface area contributed by atoms with Gasteiger partial charge in [-0.3, -0.25) is 4.90 Å². The minimum absolute atomic E-state index is 0.174. The zero-order chi connectivity index (χ0) is 14.3. The molecule has 19 heavy (non-hydrogen) atoms. The Morgan fingerprint density at radius 2 is 2.00 bits per heavy atom. The van der Waals surface area contributed by atoms with Crippen LogP contribution < -0.4 is 5.73 Å². The van der Waals surface area contributed by atoms with Crippen molar-refractivity contribution in [3.05, 3.63) is 35.1 Å². The van der Waals surface area contributed by atoms with Crippen molar-refractivity contribution < 1.29 is 4.39 Å². The molecule has 0 aliphatic heterocycles. The molecule has 0 bridgehead atoms. The van der Waals surface area contributed by atoms with Crippen LogP contribution in [0.15, 0.2) is 18.2 Å². The van der Waals surface area contributed by atoms with Gasteiger partial charge >= 0.3 is 0 Å². The molecule has 0 radical (unpaired) electrons. The highest BCUT2D eigenvalue weighted by molar-refractivity contribution is 5.27. The summed E-state index contributed by atoms with van der Waals surface area (Å²) in [6.07, 6.45) is 3.47. The van der Waals surface area contributed by atoms with Gasteiger partial charge in [-0.05, 0) is 49.6 Å². The second kappa shape index (κ2) is 8.28. The predicted molar refractivity (Wildman–Crippen MR) is 79.4 cm³/mol. The van der Waals surface area contributed by atoms with Crippen LogP contribution in [0.1, 0.15) is 51.2 Å². The molecule has 2 N–H and O–H groups in total. The summed E-state index contributed by atoms with van der Waals surface area (Å²) in [7, 11) is 0. The van der Waals surface area contributed by atoms with E-state index in [1.807, 2.05) is 0 Å². The third-order valence-electron chi connectivity index (χ3n) is 3.77. The summed E-state index contributed by atoms with van der Waals surface area (Å²) < 4.78 is 13.4. The van der Waals surface area contributed by atoms with Crippen molar-refractivity contribution in [3.8, 4) is 0 Å². The van der Waals surface area contributed by atoms with Crippen LogP contribution in [-0.4, -0.2) is 17.5 Å². The van der Waals surface area contributed by atoms with Gasteiger partial charge in [-0.1, -0.05) is 26.3 Å². The fourth-order valence-electron chi connectivity index (χ4n) is 2.23. The van der Waals surface area contributed by atoms with Gasteiger partial charge in [0.05, 0.1) is 0 Å². The van der Waals surface area contributed by atoms with Gasteiger partial charge in [-0.25, -0.2) is 4.39 Å². The fourth-order valence-corrected chi connectivity index (χ4v) is 2.23. The van der Waals surface area contributed by atoms with E-state index in [1.54, 1.807) is 12.1 Å². The van der Waals surface area contributed by atoms with Crippen LogP contribution in [0.4, 0.5) is 4.39 Å². The summed E-state index contributed by atoms with van der Waals surface area (Å²) in [5, 5.41) is 0. The normalized spacial score (nSPS) is 12.9. The van der Waals surface area contributed by atoms with Crippen LogP contribution in [0.3, 0.4) is 0 Å². The van der Waals surface area contributed by atoms with Gasteiger partial charge in [0.1, 0.15) is 5.82 Å². The van der Waals surface area contributed by atoms with Crippen molar-refractivity contribution in [2.45, 2.75) is 59.2 Å². The van der Waals surface area contributed by atoms with Crippen LogP contribution in [0.2, 0.25) is 0 Å². The van der Waals surface area contributed by atoms with Crippen LogP contribution >= 0.6 is 0 Å². The van der Waals surface area contributed by atoms with E-state index < -0.39 is 0 Å². The topological polar surface area (TPSA) is 29.3 Å². The molecular weight excluding hydrogens is 239 g/mol. The SMILES string of the molecule is CCCCN(Cc1cc(F)ccc1CN)C(C)CC. The molecular formula is C16H27FN2. The molecule has 0 spiro atoms. The first-order valence-electron chi connectivity index (χ1n) is 7.33. The Bertz CT molecular complexity index is 379. The quantitative estimate of drug-likeness (QED) is 0.777. The lowest BCUT2D eigenvalue weighted by atomic mass is 10.1. The van der Waals surface area contributed by atoms with E-state index in [-0.39, 0.29) is 5.82 Å². The predicted octanol–water partition coefficient (Wildman–Crippen LogP) is 3.69. The monoisotopic (exact) mass is 266 g/mol.